The maximum atomic E-state index is 14.3. The molecule has 0 aliphatic carbocycles. The number of carbonyl (C=O) groups is 10. The average molecular weight is 1290 g/mol. The van der Waals surface area contributed by atoms with Crippen molar-refractivity contribution < 1.29 is 76.0 Å². The lowest BCUT2D eigenvalue weighted by Crippen LogP contribution is -2.51. The molecule has 0 radical (unpaired) electrons. The summed E-state index contributed by atoms with van der Waals surface area (Å²) in [7, 11) is 2.00. The molecule has 1 fully saturated rings. The molecule has 3 aliphatic rings. The molecule has 3 aliphatic heterocycles. The highest BCUT2D eigenvalue weighted by Gasteiger charge is 2.37. The van der Waals surface area contributed by atoms with Gasteiger partial charge in [0.2, 0.25) is 29.5 Å². The van der Waals surface area contributed by atoms with E-state index in [1.165, 1.54) is 24.3 Å². The summed E-state index contributed by atoms with van der Waals surface area (Å²) >= 11 is 6.54. The van der Waals surface area contributed by atoms with Gasteiger partial charge in [-0.3, -0.25) is 53.4 Å². The van der Waals surface area contributed by atoms with Crippen molar-refractivity contribution in [1.82, 2.24) is 41.3 Å². The monoisotopic (exact) mass is 1290 g/mol. The fourth-order valence-electron chi connectivity index (χ4n) is 10.2. The molecule has 0 saturated carbocycles. The number of likely N-dealkylation sites (N-methyl/N-ethyl adjacent to an activating group) is 1. The second-order valence-corrected chi connectivity index (χ2v) is 22.5. The number of fused-ring (bicyclic) bond motifs is 4. The van der Waals surface area contributed by atoms with Crippen molar-refractivity contribution in [3.63, 3.8) is 0 Å². The number of amides is 10. The highest BCUT2D eigenvalue weighted by molar-refractivity contribution is 6.19. The van der Waals surface area contributed by atoms with Crippen LogP contribution in [0.5, 0.6) is 5.75 Å². The van der Waals surface area contributed by atoms with Gasteiger partial charge in [-0.25, -0.2) is 4.79 Å². The Balaban J connectivity index is 0.667. The lowest BCUT2D eigenvalue weighted by Gasteiger charge is -2.31. The van der Waals surface area contributed by atoms with Crippen LogP contribution in [0.1, 0.15) is 59.1 Å². The summed E-state index contributed by atoms with van der Waals surface area (Å²) in [5.41, 5.74) is 2.97. The number of alkyl halides is 1. The molecule has 0 bridgehead atoms. The van der Waals surface area contributed by atoms with Crippen LogP contribution in [0.3, 0.4) is 0 Å². The predicted octanol–water partition coefficient (Wildman–Crippen LogP) is 3.36. The van der Waals surface area contributed by atoms with Crippen LogP contribution in [0, 0.1) is 5.92 Å². The van der Waals surface area contributed by atoms with E-state index in [-0.39, 0.29) is 119 Å². The predicted molar refractivity (Wildman–Crippen MR) is 340 cm³/mol. The van der Waals surface area contributed by atoms with E-state index in [4.69, 9.17) is 39.7 Å². The number of piperazine rings is 1. The van der Waals surface area contributed by atoms with Crippen molar-refractivity contribution in [2.45, 2.75) is 38.6 Å². The number of imide groups is 1. The van der Waals surface area contributed by atoms with Crippen LogP contribution in [0.4, 0.5) is 21.9 Å². The molecule has 1 saturated heterocycles. The molecule has 28 heteroatoms. The van der Waals surface area contributed by atoms with Crippen LogP contribution < -0.4 is 46.9 Å². The minimum absolute atomic E-state index is 0.00922. The van der Waals surface area contributed by atoms with Gasteiger partial charge in [0, 0.05) is 129 Å². The van der Waals surface area contributed by atoms with Crippen molar-refractivity contribution in [3.05, 3.63) is 108 Å². The summed E-state index contributed by atoms with van der Waals surface area (Å²) in [5.74, 6) is -3.50. The maximum absolute atomic E-state index is 14.3. The minimum atomic E-state index is -0.809. The Bertz CT molecular complexity index is 3460. The van der Waals surface area contributed by atoms with Crippen molar-refractivity contribution in [3.8, 4) is 5.75 Å². The third kappa shape index (κ3) is 19.8. The molecule has 1 aromatic heterocycles. The summed E-state index contributed by atoms with van der Waals surface area (Å²) in [6, 6.07) is 21.3. The highest BCUT2D eigenvalue weighted by Crippen LogP contribution is 2.46. The molecule has 5 aromatic rings. The first-order chi connectivity index (χ1) is 44.5. The molecule has 492 valence electrons. The van der Waals surface area contributed by atoms with Gasteiger partial charge in [-0.1, -0.05) is 38.1 Å². The van der Waals surface area contributed by atoms with Gasteiger partial charge in [0.1, 0.15) is 11.3 Å². The summed E-state index contributed by atoms with van der Waals surface area (Å²) in [6.07, 6.45) is 2.00. The van der Waals surface area contributed by atoms with E-state index in [9.17, 15) is 47.9 Å². The van der Waals surface area contributed by atoms with Crippen molar-refractivity contribution in [2.24, 2.45) is 5.92 Å². The lowest BCUT2D eigenvalue weighted by atomic mass is 9.95. The Morgan fingerprint density at radius 3 is 1.93 bits per heavy atom. The zero-order chi connectivity index (χ0) is 65.5. The largest absolute Gasteiger partial charge is 0.451 e. The quantitative estimate of drug-likeness (QED) is 0.0176. The van der Waals surface area contributed by atoms with Gasteiger partial charge in [-0.15, -0.1) is 11.6 Å². The standard InChI is InChI=1S/C64H78ClN11O16/c1-41(2)60(69-38-55(79)67-19-18-66-54(78)17-26-87-28-30-89-32-33-90-31-29-88-27-20-68-53(77)16-21-75-57(81)14-15-58(75)82)62(84)70-39-56(80)71-45-10-8-42(9-11-45)61(83)72-46-12-13-50-43(34-46)35-52(91-50)63(85)76-40-44(37-65)59-48-7-5-4-6-47(48)51(36-49(59)76)92-64(86)74-24-22-73(3)23-25-74/h4-15,34-36,41,44,60,69H,16-33,37-40H2,1-3H3,(H,66,78)(H,67,79)(H,68,77)(H,70,84)(H,71,80)(H,72,83)/t44-,60+/m1/s1. The average Bonchev–Trinajstić information content (AvgIpc) is 1.56. The molecular formula is C64H78ClN11O16. The van der Waals surface area contributed by atoms with Crippen molar-refractivity contribution in [1.29, 1.82) is 0 Å². The lowest BCUT2D eigenvalue weighted by molar-refractivity contribution is -0.137. The summed E-state index contributed by atoms with van der Waals surface area (Å²) in [4.78, 5) is 133. The van der Waals surface area contributed by atoms with Gasteiger partial charge in [0.25, 0.3) is 23.6 Å². The van der Waals surface area contributed by atoms with Gasteiger partial charge in [-0.2, -0.15) is 0 Å². The Kier molecular flexibility index (Phi) is 25.9. The number of benzene rings is 4. The second-order valence-electron chi connectivity index (χ2n) is 22.2. The molecule has 27 nitrogen and oxygen atoms in total. The number of furan rings is 1. The Morgan fingerprint density at radius 1 is 0.641 bits per heavy atom. The van der Waals surface area contributed by atoms with Crippen LogP contribution in [0.2, 0.25) is 0 Å². The number of anilines is 3. The molecule has 2 atom stereocenters. The molecular weight excluding hydrogens is 1210 g/mol. The van der Waals surface area contributed by atoms with E-state index in [2.05, 4.69) is 42.1 Å². The fraction of sp³-hybridized carbons (Fsp3) is 0.438. The number of nitrogens with one attached hydrogen (secondary N) is 7. The fourth-order valence-corrected chi connectivity index (χ4v) is 10.5. The van der Waals surface area contributed by atoms with E-state index in [1.54, 1.807) is 66.1 Å². The molecule has 8 rings (SSSR count). The molecule has 4 heterocycles. The first-order valence-electron chi connectivity index (χ1n) is 30.5. The van der Waals surface area contributed by atoms with E-state index in [0.717, 1.165) is 34.3 Å². The Morgan fingerprint density at radius 2 is 1.26 bits per heavy atom. The number of hydrogen-bond acceptors (Lipinski definition) is 18. The summed E-state index contributed by atoms with van der Waals surface area (Å²) in [5, 5.41) is 21.3. The Labute approximate surface area is 536 Å². The first-order valence-corrected chi connectivity index (χ1v) is 31.0. The topological polar surface area (TPSA) is 327 Å². The van der Waals surface area contributed by atoms with Crippen molar-refractivity contribution in [2.75, 3.05) is 153 Å². The zero-order valence-electron chi connectivity index (χ0n) is 51.6. The number of rotatable bonds is 34. The number of nitrogens with zero attached hydrogens (tertiary/aromatic N) is 4. The smallest absolute Gasteiger partial charge is 0.415 e. The van der Waals surface area contributed by atoms with Crippen LogP contribution in [-0.2, 0) is 52.5 Å². The van der Waals surface area contributed by atoms with Gasteiger partial charge >= 0.3 is 6.09 Å². The molecule has 7 N–H and O–H groups in total. The third-order valence-electron chi connectivity index (χ3n) is 15.2. The second kappa shape index (κ2) is 34.6. The van der Waals surface area contributed by atoms with Crippen LogP contribution >= 0.6 is 11.6 Å². The van der Waals surface area contributed by atoms with E-state index >= 15 is 0 Å². The normalized spacial score (nSPS) is 15.0. The molecule has 0 unspecified atom stereocenters. The number of ether oxygens (including phenoxy) is 5. The van der Waals surface area contributed by atoms with E-state index < -0.39 is 53.5 Å². The highest BCUT2D eigenvalue weighted by atomic mass is 35.5. The zero-order valence-corrected chi connectivity index (χ0v) is 52.4. The summed E-state index contributed by atoms with van der Waals surface area (Å²) < 4.78 is 33.9. The Hall–Kier alpha value is -8.83. The van der Waals surface area contributed by atoms with Crippen molar-refractivity contribution >= 4 is 110 Å². The van der Waals surface area contributed by atoms with Gasteiger partial charge in [0.15, 0.2) is 5.76 Å². The van der Waals surface area contributed by atoms with Gasteiger partial charge < -0.3 is 74.7 Å². The molecule has 0 spiro atoms. The molecule has 4 aromatic carbocycles. The molecule has 10 amide bonds. The van der Waals surface area contributed by atoms with Crippen LogP contribution in [0.15, 0.2) is 95.4 Å². The van der Waals surface area contributed by atoms with E-state index in [0.29, 0.717) is 79.9 Å². The van der Waals surface area contributed by atoms with Crippen LogP contribution in [0.25, 0.3) is 21.7 Å². The van der Waals surface area contributed by atoms with Crippen LogP contribution in [-0.4, -0.2) is 218 Å². The van der Waals surface area contributed by atoms with Gasteiger partial charge in [-0.05, 0) is 72.4 Å². The van der Waals surface area contributed by atoms with Gasteiger partial charge in [0.05, 0.1) is 77.7 Å². The SMILES string of the molecule is CC(C)[C@H](NCC(=O)NCCNC(=O)CCOCCOCCOCCOCCNC(=O)CCN1C(=O)C=CC1=O)C(=O)NCC(=O)Nc1ccc(C(=O)Nc2ccc3oc(C(=O)N4C[C@@H](CCl)c5c4cc(OC(=O)N4CCN(C)CC4)c4ccccc54)cc3c2)cc1. The number of carbonyl (C=O) groups excluding carboxylic acids is 10. The summed E-state index contributed by atoms with van der Waals surface area (Å²) in [6.45, 7) is 8.76. The maximum Gasteiger partial charge on any atom is 0.415 e. The number of halogens is 1. The number of hydrogen-bond donors (Lipinski definition) is 7. The minimum Gasteiger partial charge on any atom is -0.451 e. The molecule has 92 heavy (non-hydrogen) atoms. The van der Waals surface area contributed by atoms with E-state index in [1.807, 2.05) is 31.3 Å². The third-order valence-corrected chi connectivity index (χ3v) is 15.6. The first kappa shape index (κ1) is 69.1.